The number of methoxy groups -OCH3 is 1. The number of ether oxygens (including phenoxy) is 1. The summed E-state index contributed by atoms with van der Waals surface area (Å²) >= 11 is 0. The van der Waals surface area contributed by atoms with Gasteiger partial charge in [0, 0.05) is 5.56 Å². The average Bonchev–Trinajstić information content (AvgIpc) is 2.38. The van der Waals surface area contributed by atoms with E-state index in [1.54, 1.807) is 36.4 Å². The second kappa shape index (κ2) is 6.59. The van der Waals surface area contributed by atoms with Crippen LogP contribution in [0.15, 0.2) is 48.5 Å². The summed E-state index contributed by atoms with van der Waals surface area (Å²) in [6.07, 6.45) is 0. The van der Waals surface area contributed by atoms with Gasteiger partial charge in [-0.25, -0.2) is 0 Å². The Morgan fingerprint density at radius 1 is 1.11 bits per heavy atom. The van der Waals surface area contributed by atoms with Gasteiger partial charge in [0.2, 0.25) is 0 Å². The Labute approximate surface area is 129 Å². The molecule has 0 aliphatic rings. The van der Waals surface area contributed by atoms with Crippen molar-refractivity contribution in [2.75, 3.05) is 7.11 Å². The molecule has 0 heterocycles. The van der Waals surface area contributed by atoms with Crippen LogP contribution in [0.1, 0.15) is 17.3 Å². The zero-order valence-corrected chi connectivity index (χ0v) is 12.4. The fourth-order valence-electron chi connectivity index (χ4n) is 1.66. The van der Waals surface area contributed by atoms with E-state index in [1.807, 2.05) is 6.07 Å². The summed E-state index contributed by atoms with van der Waals surface area (Å²) in [6, 6.07) is 13.6. The minimum absolute atomic E-state index is 0. The molecule has 1 N–H and O–H groups in total. The predicted molar refractivity (Wildman–Crippen MR) is 65.6 cm³/mol. The van der Waals surface area contributed by atoms with Crippen molar-refractivity contribution < 1.29 is 45.6 Å². The summed E-state index contributed by atoms with van der Waals surface area (Å²) in [4.78, 5) is 12.2. The second-order valence-electron chi connectivity index (χ2n) is 3.55. The van der Waals surface area contributed by atoms with E-state index in [4.69, 9.17) is 4.74 Å². The van der Waals surface area contributed by atoms with Crippen molar-refractivity contribution >= 4 is 5.78 Å². The molecule has 0 aliphatic carbocycles. The maximum absolute atomic E-state index is 12.2. The molecule has 2 rings (SSSR count). The monoisotopic (exact) mass is 252 g/mol. The van der Waals surface area contributed by atoms with Crippen molar-refractivity contribution in [3.8, 4) is 11.5 Å². The molecule has 0 amide bonds. The summed E-state index contributed by atoms with van der Waals surface area (Å²) in [7, 11) is 1.43. The quantitative estimate of drug-likeness (QED) is 0.605. The summed E-state index contributed by atoms with van der Waals surface area (Å²) in [5.41, 5.74) is 0.926. The van der Waals surface area contributed by atoms with Gasteiger partial charge in [-0.05, 0) is 12.1 Å². The number of hydrogen-bond donors (Lipinski definition) is 1. The zero-order chi connectivity index (χ0) is 12.3. The van der Waals surface area contributed by atoms with Gasteiger partial charge in [-0.2, -0.15) is 0 Å². The van der Waals surface area contributed by atoms with Gasteiger partial charge in [0.05, 0.1) is 12.7 Å². The van der Waals surface area contributed by atoms with E-state index in [9.17, 15) is 9.90 Å². The van der Waals surface area contributed by atoms with Gasteiger partial charge >= 0.3 is 29.6 Å². The summed E-state index contributed by atoms with van der Waals surface area (Å²) < 4.78 is 5.05. The summed E-state index contributed by atoms with van der Waals surface area (Å²) in [5, 5.41) is 9.61. The van der Waals surface area contributed by atoms with Crippen molar-refractivity contribution in [2.24, 2.45) is 0 Å². The molecule has 0 aromatic heterocycles. The largest absolute Gasteiger partial charge is 1.00 e. The molecule has 0 radical (unpaired) electrons. The van der Waals surface area contributed by atoms with E-state index in [1.165, 1.54) is 13.2 Å². The number of carbonyl (C=O) groups is 1. The van der Waals surface area contributed by atoms with Crippen LogP contribution < -0.4 is 34.3 Å². The number of hydrogen-bond acceptors (Lipinski definition) is 3. The third-order valence-corrected chi connectivity index (χ3v) is 2.48. The molecule has 0 bridgehead atoms. The van der Waals surface area contributed by atoms with Gasteiger partial charge in [-0.15, -0.1) is 0 Å². The zero-order valence-electron chi connectivity index (χ0n) is 11.4. The molecule has 0 spiro atoms. The molecule has 2 aromatic carbocycles. The fourth-order valence-corrected chi connectivity index (χ4v) is 1.66. The fraction of sp³-hybridized carbons (Fsp3) is 0.0714. The first-order valence-corrected chi connectivity index (χ1v) is 5.19. The molecular weight excluding hydrogens is 239 g/mol. The molecule has 3 nitrogen and oxygen atoms in total. The number of para-hydroxylation sites is 1. The third kappa shape index (κ3) is 2.93. The topological polar surface area (TPSA) is 46.5 Å². The number of rotatable bonds is 3. The normalized spacial score (nSPS) is 9.39. The van der Waals surface area contributed by atoms with E-state index in [2.05, 4.69) is 0 Å². The molecule has 0 fully saturated rings. The van der Waals surface area contributed by atoms with E-state index in [0.29, 0.717) is 11.1 Å². The van der Waals surface area contributed by atoms with E-state index < -0.39 is 0 Å². The van der Waals surface area contributed by atoms with Crippen LogP contribution in [0.3, 0.4) is 0 Å². The third-order valence-electron chi connectivity index (χ3n) is 2.48. The molecule has 0 saturated heterocycles. The van der Waals surface area contributed by atoms with Crippen LogP contribution >= 0.6 is 0 Å². The molecule has 18 heavy (non-hydrogen) atoms. The summed E-state index contributed by atoms with van der Waals surface area (Å²) in [6.45, 7) is 0. The van der Waals surface area contributed by atoms with Crippen molar-refractivity contribution in [3.05, 3.63) is 59.7 Å². The van der Waals surface area contributed by atoms with E-state index in [0.717, 1.165) is 0 Å². The second-order valence-corrected chi connectivity index (χ2v) is 3.55. The standard InChI is InChI=1S/C14H12O3.Na.H/c1-17-14-11(8-5-9-12(14)15)13(16)10-6-3-2-4-7-10;;/h2-9,15H,1H3;;/q;+1;-1. The minimum Gasteiger partial charge on any atom is -1.00 e. The van der Waals surface area contributed by atoms with Crippen LogP contribution in [0.25, 0.3) is 0 Å². The van der Waals surface area contributed by atoms with Crippen molar-refractivity contribution in [1.29, 1.82) is 0 Å². The molecule has 0 saturated carbocycles. The summed E-state index contributed by atoms with van der Waals surface area (Å²) in [5.74, 6) is 0.00832. The first kappa shape index (κ1) is 14.8. The van der Waals surface area contributed by atoms with Gasteiger partial charge in [-0.1, -0.05) is 36.4 Å². The Kier molecular flexibility index (Phi) is 5.41. The van der Waals surface area contributed by atoms with Crippen LogP contribution in [0.2, 0.25) is 0 Å². The Morgan fingerprint density at radius 2 is 1.78 bits per heavy atom. The van der Waals surface area contributed by atoms with Gasteiger partial charge in [0.25, 0.3) is 0 Å². The van der Waals surface area contributed by atoms with Gasteiger partial charge < -0.3 is 11.3 Å². The van der Waals surface area contributed by atoms with Crippen LogP contribution in [0.4, 0.5) is 0 Å². The molecule has 0 atom stereocenters. The number of phenols is 1. The molecule has 2 aromatic rings. The molecular formula is C14H13NaO3. The van der Waals surface area contributed by atoms with Crippen LogP contribution in [0, 0.1) is 0 Å². The number of carbonyl (C=O) groups excluding carboxylic acids is 1. The number of benzene rings is 2. The maximum Gasteiger partial charge on any atom is 1.00 e. The predicted octanol–water partition coefficient (Wildman–Crippen LogP) is -0.252. The molecule has 0 unspecified atom stereocenters. The maximum atomic E-state index is 12.2. The van der Waals surface area contributed by atoms with Gasteiger partial charge in [-0.3, -0.25) is 4.79 Å². The molecule has 4 heteroatoms. The van der Waals surface area contributed by atoms with Crippen molar-refractivity contribution in [2.45, 2.75) is 0 Å². The molecule has 88 valence electrons. The Hall–Kier alpha value is -1.29. The van der Waals surface area contributed by atoms with Crippen LogP contribution in [0.5, 0.6) is 11.5 Å². The Morgan fingerprint density at radius 3 is 2.39 bits per heavy atom. The first-order valence-electron chi connectivity index (χ1n) is 5.19. The minimum atomic E-state index is -0.168. The van der Waals surface area contributed by atoms with Crippen molar-refractivity contribution in [1.82, 2.24) is 0 Å². The van der Waals surface area contributed by atoms with Gasteiger partial charge in [0.1, 0.15) is 0 Å². The number of ketones is 1. The number of phenolic OH excluding ortho intramolecular Hbond substituents is 1. The SMILES string of the molecule is COc1c(O)cccc1C(=O)c1ccccc1.[H-].[Na+]. The van der Waals surface area contributed by atoms with Crippen LogP contribution in [-0.2, 0) is 0 Å². The average molecular weight is 252 g/mol. The van der Waals surface area contributed by atoms with E-state index >= 15 is 0 Å². The Balaban J connectivity index is 0.00000162. The molecule has 0 aliphatic heterocycles. The number of aromatic hydroxyl groups is 1. The first-order chi connectivity index (χ1) is 8.24. The van der Waals surface area contributed by atoms with E-state index in [-0.39, 0.29) is 48.3 Å². The van der Waals surface area contributed by atoms with Crippen LogP contribution in [-0.4, -0.2) is 18.0 Å². The smallest absolute Gasteiger partial charge is 1.00 e. The van der Waals surface area contributed by atoms with Gasteiger partial charge in [0.15, 0.2) is 17.3 Å². The van der Waals surface area contributed by atoms with Crippen molar-refractivity contribution in [3.63, 3.8) is 0 Å². The Bertz CT molecular complexity index is 544.